The fourth-order valence-electron chi connectivity index (χ4n) is 2.54. The molecule has 112 valence electrons. The van der Waals surface area contributed by atoms with Gasteiger partial charge in [0.25, 0.3) is 0 Å². The molecular weight excluding hydrogens is 278 g/mol. The highest BCUT2D eigenvalue weighted by Crippen LogP contribution is 2.25. The molecule has 1 nitrogen and oxygen atoms in total. The van der Waals surface area contributed by atoms with Gasteiger partial charge in [0.15, 0.2) is 0 Å². The molecule has 0 radical (unpaired) electrons. The fourth-order valence-corrected chi connectivity index (χ4v) is 2.85. The lowest BCUT2D eigenvalue weighted by molar-refractivity contribution is 0.790. The van der Waals surface area contributed by atoms with Gasteiger partial charge in [-0.2, -0.15) is 0 Å². The molecule has 0 saturated heterocycles. The van der Waals surface area contributed by atoms with Crippen molar-refractivity contribution in [2.24, 2.45) is 0 Å². The maximum absolute atomic E-state index is 6.62. The number of benzene rings is 2. The topological polar surface area (TPSA) is 3.24 Å². The molecular formula is C19H24ClN. The quantitative estimate of drug-likeness (QED) is 0.615. The van der Waals surface area contributed by atoms with Gasteiger partial charge in [0, 0.05) is 18.8 Å². The standard InChI is InChI=1S/C19H24ClN/c1-3-8-16-11-13-17(14-12-16)19(20)15-21(4-2)18-9-6-5-7-10-18/h5-7,9-14,19H,3-4,8,15H2,1-2H3. The molecule has 21 heavy (non-hydrogen) atoms. The van der Waals surface area contributed by atoms with Gasteiger partial charge in [0.05, 0.1) is 5.38 Å². The molecule has 0 saturated carbocycles. The van der Waals surface area contributed by atoms with Crippen LogP contribution in [0.5, 0.6) is 0 Å². The maximum Gasteiger partial charge on any atom is 0.0760 e. The van der Waals surface area contributed by atoms with Crippen LogP contribution in [0.4, 0.5) is 5.69 Å². The number of alkyl halides is 1. The molecule has 1 atom stereocenters. The zero-order valence-corrected chi connectivity index (χ0v) is 13.7. The van der Waals surface area contributed by atoms with E-state index < -0.39 is 0 Å². The van der Waals surface area contributed by atoms with Crippen LogP contribution in [0, 0.1) is 0 Å². The molecule has 0 bridgehead atoms. The Bertz CT molecular complexity index is 521. The molecule has 2 heteroatoms. The number of para-hydroxylation sites is 1. The van der Waals surface area contributed by atoms with Gasteiger partial charge in [-0.1, -0.05) is 55.8 Å². The molecule has 0 aliphatic carbocycles. The third kappa shape index (κ3) is 4.50. The zero-order valence-electron chi connectivity index (χ0n) is 12.9. The third-order valence-corrected chi connectivity index (χ3v) is 4.15. The molecule has 0 aromatic heterocycles. The van der Waals surface area contributed by atoms with E-state index in [0.717, 1.165) is 19.5 Å². The Morgan fingerprint density at radius 1 is 0.952 bits per heavy atom. The Kier molecular flexibility index (Phi) is 6.13. The normalized spacial score (nSPS) is 12.1. The van der Waals surface area contributed by atoms with Crippen LogP contribution in [0.3, 0.4) is 0 Å². The minimum Gasteiger partial charge on any atom is -0.370 e. The SMILES string of the molecule is CCCc1ccc(C(Cl)CN(CC)c2ccccc2)cc1. The van der Waals surface area contributed by atoms with Crippen molar-refractivity contribution in [3.8, 4) is 0 Å². The zero-order chi connectivity index (χ0) is 15.1. The van der Waals surface area contributed by atoms with E-state index in [0.29, 0.717) is 0 Å². The van der Waals surface area contributed by atoms with Crippen molar-refractivity contribution >= 4 is 17.3 Å². The van der Waals surface area contributed by atoms with Crippen molar-refractivity contribution in [2.75, 3.05) is 18.0 Å². The minimum absolute atomic E-state index is 0.0147. The summed E-state index contributed by atoms with van der Waals surface area (Å²) < 4.78 is 0. The summed E-state index contributed by atoms with van der Waals surface area (Å²) in [4.78, 5) is 2.32. The number of hydrogen-bond donors (Lipinski definition) is 0. The molecule has 1 unspecified atom stereocenters. The maximum atomic E-state index is 6.62. The number of anilines is 1. The van der Waals surface area contributed by atoms with Crippen molar-refractivity contribution < 1.29 is 0 Å². The van der Waals surface area contributed by atoms with Gasteiger partial charge in [-0.3, -0.25) is 0 Å². The molecule has 0 fully saturated rings. The van der Waals surface area contributed by atoms with E-state index in [4.69, 9.17) is 11.6 Å². The molecule has 2 aromatic carbocycles. The van der Waals surface area contributed by atoms with Crippen LogP contribution in [0.15, 0.2) is 54.6 Å². The predicted molar refractivity (Wildman–Crippen MR) is 93.4 cm³/mol. The summed E-state index contributed by atoms with van der Waals surface area (Å²) in [6.45, 7) is 6.16. The minimum atomic E-state index is 0.0147. The van der Waals surface area contributed by atoms with Crippen LogP contribution in [-0.4, -0.2) is 13.1 Å². The summed E-state index contributed by atoms with van der Waals surface area (Å²) in [5.41, 5.74) is 3.82. The van der Waals surface area contributed by atoms with Gasteiger partial charge in [-0.15, -0.1) is 11.6 Å². The second kappa shape index (κ2) is 8.09. The fraction of sp³-hybridized carbons (Fsp3) is 0.368. The highest BCUT2D eigenvalue weighted by atomic mass is 35.5. The Labute approximate surface area is 133 Å². The molecule has 2 rings (SSSR count). The first-order valence-electron chi connectivity index (χ1n) is 7.77. The van der Waals surface area contributed by atoms with Crippen LogP contribution in [0.1, 0.15) is 36.8 Å². The van der Waals surface area contributed by atoms with E-state index in [9.17, 15) is 0 Å². The second-order valence-corrected chi connectivity index (χ2v) is 5.86. The van der Waals surface area contributed by atoms with E-state index in [1.165, 1.54) is 23.2 Å². The van der Waals surface area contributed by atoms with Crippen molar-refractivity contribution in [1.29, 1.82) is 0 Å². The van der Waals surface area contributed by atoms with Gasteiger partial charge in [0.1, 0.15) is 0 Å². The summed E-state index contributed by atoms with van der Waals surface area (Å²) in [6.07, 6.45) is 2.32. The van der Waals surface area contributed by atoms with Gasteiger partial charge >= 0.3 is 0 Å². The van der Waals surface area contributed by atoms with E-state index in [1.807, 2.05) is 6.07 Å². The molecule has 0 aliphatic heterocycles. The van der Waals surface area contributed by atoms with Crippen molar-refractivity contribution in [2.45, 2.75) is 32.1 Å². The third-order valence-electron chi connectivity index (χ3n) is 3.76. The lowest BCUT2D eigenvalue weighted by Crippen LogP contribution is -2.26. The summed E-state index contributed by atoms with van der Waals surface area (Å²) in [5, 5.41) is 0.0147. The lowest BCUT2D eigenvalue weighted by Gasteiger charge is -2.26. The monoisotopic (exact) mass is 301 g/mol. The van der Waals surface area contributed by atoms with E-state index in [1.54, 1.807) is 0 Å². The Morgan fingerprint density at radius 2 is 1.62 bits per heavy atom. The van der Waals surface area contributed by atoms with E-state index in [-0.39, 0.29) is 5.38 Å². The van der Waals surface area contributed by atoms with Crippen LogP contribution >= 0.6 is 11.6 Å². The van der Waals surface area contributed by atoms with Crippen LogP contribution < -0.4 is 4.90 Å². The average molecular weight is 302 g/mol. The van der Waals surface area contributed by atoms with Crippen molar-refractivity contribution in [3.05, 3.63) is 65.7 Å². The predicted octanol–water partition coefficient (Wildman–Crippen LogP) is 5.45. The Morgan fingerprint density at radius 3 is 2.19 bits per heavy atom. The highest BCUT2D eigenvalue weighted by Gasteiger charge is 2.13. The van der Waals surface area contributed by atoms with Gasteiger partial charge in [-0.25, -0.2) is 0 Å². The first kappa shape index (κ1) is 15.9. The Balaban J connectivity index is 2.03. The first-order valence-corrected chi connectivity index (χ1v) is 8.21. The van der Waals surface area contributed by atoms with Crippen LogP contribution in [0.25, 0.3) is 0 Å². The summed E-state index contributed by atoms with van der Waals surface area (Å²) in [7, 11) is 0. The van der Waals surface area contributed by atoms with E-state index in [2.05, 4.69) is 67.3 Å². The number of likely N-dealkylation sites (N-methyl/N-ethyl adjacent to an activating group) is 1. The van der Waals surface area contributed by atoms with E-state index >= 15 is 0 Å². The molecule has 0 heterocycles. The molecule has 0 amide bonds. The number of rotatable bonds is 7. The smallest absolute Gasteiger partial charge is 0.0760 e. The lowest BCUT2D eigenvalue weighted by atomic mass is 10.1. The molecule has 0 spiro atoms. The van der Waals surface area contributed by atoms with Crippen molar-refractivity contribution in [3.63, 3.8) is 0 Å². The largest absolute Gasteiger partial charge is 0.370 e. The number of nitrogens with zero attached hydrogens (tertiary/aromatic N) is 1. The van der Waals surface area contributed by atoms with Crippen molar-refractivity contribution in [1.82, 2.24) is 0 Å². The van der Waals surface area contributed by atoms with Gasteiger partial charge < -0.3 is 4.90 Å². The molecule has 0 aliphatic rings. The van der Waals surface area contributed by atoms with Crippen LogP contribution in [0.2, 0.25) is 0 Å². The number of aryl methyl sites for hydroxylation is 1. The van der Waals surface area contributed by atoms with Crippen LogP contribution in [-0.2, 0) is 6.42 Å². The number of halogens is 1. The summed E-state index contributed by atoms with van der Waals surface area (Å²) in [6, 6.07) is 19.2. The summed E-state index contributed by atoms with van der Waals surface area (Å²) >= 11 is 6.62. The van der Waals surface area contributed by atoms with Gasteiger partial charge in [0.2, 0.25) is 0 Å². The summed E-state index contributed by atoms with van der Waals surface area (Å²) in [5.74, 6) is 0. The first-order chi connectivity index (χ1) is 10.2. The molecule has 2 aromatic rings. The second-order valence-electron chi connectivity index (χ2n) is 5.33. The number of hydrogen-bond acceptors (Lipinski definition) is 1. The Hall–Kier alpha value is -1.47. The molecule has 0 N–H and O–H groups in total. The van der Waals surface area contributed by atoms with Gasteiger partial charge in [-0.05, 0) is 36.6 Å². The average Bonchev–Trinajstić information content (AvgIpc) is 2.54. The highest BCUT2D eigenvalue weighted by molar-refractivity contribution is 6.21.